The Morgan fingerprint density at radius 1 is 0.578 bits per heavy atom. The predicted molar refractivity (Wildman–Crippen MR) is 141 cm³/mol. The smallest absolute Gasteiger partial charge is 0.217 e. The van der Waals surface area contributed by atoms with Crippen LogP contribution >= 0.6 is 0 Å². The molecule has 262 valence electrons. The summed E-state index contributed by atoms with van der Waals surface area (Å²) in [5.41, 5.74) is 0. The van der Waals surface area contributed by atoms with Crippen molar-refractivity contribution in [2.24, 2.45) is 0 Å². The third-order valence-electron chi connectivity index (χ3n) is 8.49. The van der Waals surface area contributed by atoms with Crippen LogP contribution in [0.4, 0.5) is 0 Å². The molecule has 0 aliphatic carbocycles. The molecule has 0 aromatic rings. The van der Waals surface area contributed by atoms with Crippen LogP contribution in [0.1, 0.15) is 27.7 Å². The van der Waals surface area contributed by atoms with Gasteiger partial charge in [-0.05, 0) is 20.8 Å². The minimum Gasteiger partial charge on any atom is -0.394 e. The van der Waals surface area contributed by atoms with Crippen LogP contribution in [0.3, 0.4) is 0 Å². The first-order valence-corrected chi connectivity index (χ1v) is 14.7. The van der Waals surface area contributed by atoms with E-state index in [0.29, 0.717) is 0 Å². The number of amides is 1. The lowest BCUT2D eigenvalue weighted by atomic mass is 9.95. The number of aliphatic hydroxyl groups is 10. The van der Waals surface area contributed by atoms with Gasteiger partial charge in [0.05, 0.1) is 24.9 Å². The Bertz CT molecular complexity index is 980. The highest BCUT2D eigenvalue weighted by Crippen LogP contribution is 2.34. The third-order valence-corrected chi connectivity index (χ3v) is 8.49. The molecule has 19 nitrogen and oxygen atoms in total. The van der Waals surface area contributed by atoms with Crippen molar-refractivity contribution in [2.45, 2.75) is 150 Å². The molecule has 0 spiro atoms. The second-order valence-corrected chi connectivity index (χ2v) is 11.8. The van der Waals surface area contributed by atoms with E-state index in [1.165, 1.54) is 20.8 Å². The molecule has 4 fully saturated rings. The van der Waals surface area contributed by atoms with E-state index >= 15 is 0 Å². The summed E-state index contributed by atoms with van der Waals surface area (Å²) >= 11 is 0. The van der Waals surface area contributed by atoms with Crippen molar-refractivity contribution < 1.29 is 89.0 Å². The molecule has 1 amide bonds. The maximum absolute atomic E-state index is 11.6. The number of carbonyl (C=O) groups excluding carboxylic acids is 1. The average molecular weight is 660 g/mol. The topological polar surface area (TPSA) is 296 Å². The highest BCUT2D eigenvalue weighted by Gasteiger charge is 2.54. The van der Waals surface area contributed by atoms with Crippen molar-refractivity contribution in [1.82, 2.24) is 5.32 Å². The van der Waals surface area contributed by atoms with Crippen molar-refractivity contribution in [2.75, 3.05) is 6.61 Å². The minimum absolute atomic E-state index is 0.612. The van der Waals surface area contributed by atoms with E-state index in [1.807, 2.05) is 0 Å². The van der Waals surface area contributed by atoms with Gasteiger partial charge < -0.3 is 89.5 Å². The molecular formula is C26H45NO18. The first-order chi connectivity index (χ1) is 21.1. The Kier molecular flexibility index (Phi) is 12.1. The minimum atomic E-state index is -1.86. The maximum Gasteiger partial charge on any atom is 0.217 e. The second kappa shape index (κ2) is 14.9. The predicted octanol–water partition coefficient (Wildman–Crippen LogP) is -6.52. The van der Waals surface area contributed by atoms with Crippen LogP contribution in [0.2, 0.25) is 0 Å². The van der Waals surface area contributed by atoms with Crippen LogP contribution < -0.4 is 5.32 Å². The third kappa shape index (κ3) is 7.60. The SMILES string of the molecule is CC(=O)N[C@@H]1[C@@H](O)[C@H](O[C@H]2O[C@@H](C)[C@H](O)[C@@H](O[C@@H]3O[C@@H](C)[C@H](O)[C@@H](O)[C@H]3O[C@@H]3O[C@@H](C)[C@H](O)[C@@H](O)[C@H]3O)[C@H]2O)[C@@H](CO)O[C@H]1O. The number of ether oxygens (including phenoxy) is 7. The summed E-state index contributed by atoms with van der Waals surface area (Å²) < 4.78 is 39.4. The summed E-state index contributed by atoms with van der Waals surface area (Å²) in [6, 6.07) is -1.38. The lowest BCUT2D eigenvalue weighted by molar-refractivity contribution is -0.389. The fraction of sp³-hybridized carbons (Fsp3) is 0.962. The number of hydrogen-bond acceptors (Lipinski definition) is 18. The van der Waals surface area contributed by atoms with E-state index in [2.05, 4.69) is 5.32 Å². The quantitative estimate of drug-likeness (QED) is 0.115. The Labute approximate surface area is 257 Å². The van der Waals surface area contributed by atoms with Gasteiger partial charge in [0.1, 0.15) is 79.3 Å². The molecule has 0 saturated carbocycles. The molecule has 19 heteroatoms. The summed E-state index contributed by atoms with van der Waals surface area (Å²) in [4.78, 5) is 11.6. The lowest BCUT2D eigenvalue weighted by Crippen LogP contribution is -2.68. The summed E-state index contributed by atoms with van der Waals surface area (Å²) in [5.74, 6) is -0.612. The van der Waals surface area contributed by atoms with Crippen LogP contribution in [0.5, 0.6) is 0 Å². The fourth-order valence-electron chi connectivity index (χ4n) is 5.76. The van der Waals surface area contributed by atoms with Crippen molar-refractivity contribution in [3.8, 4) is 0 Å². The zero-order chi connectivity index (χ0) is 33.5. The van der Waals surface area contributed by atoms with E-state index in [4.69, 9.17) is 33.2 Å². The first-order valence-electron chi connectivity index (χ1n) is 14.7. The van der Waals surface area contributed by atoms with Crippen LogP contribution in [0, 0.1) is 0 Å². The van der Waals surface area contributed by atoms with E-state index in [0.717, 1.165) is 6.92 Å². The summed E-state index contributed by atoms with van der Waals surface area (Å²) in [7, 11) is 0. The van der Waals surface area contributed by atoms with Crippen molar-refractivity contribution in [3.05, 3.63) is 0 Å². The van der Waals surface area contributed by atoms with Gasteiger partial charge in [0, 0.05) is 6.92 Å². The van der Waals surface area contributed by atoms with Gasteiger partial charge >= 0.3 is 0 Å². The molecule has 0 aromatic heterocycles. The maximum atomic E-state index is 11.6. The average Bonchev–Trinajstić information content (AvgIpc) is 2.99. The molecule has 20 atom stereocenters. The first kappa shape index (κ1) is 36.6. The van der Waals surface area contributed by atoms with E-state index in [-0.39, 0.29) is 0 Å². The largest absolute Gasteiger partial charge is 0.394 e. The summed E-state index contributed by atoms with van der Waals surface area (Å²) in [5, 5.41) is 107. The number of carbonyl (C=O) groups is 1. The molecule has 45 heavy (non-hydrogen) atoms. The molecule has 4 aliphatic rings. The van der Waals surface area contributed by atoms with E-state index < -0.39 is 135 Å². The van der Waals surface area contributed by atoms with Gasteiger partial charge in [0.2, 0.25) is 5.91 Å². The number of nitrogens with one attached hydrogen (secondary N) is 1. The van der Waals surface area contributed by atoms with Gasteiger partial charge in [0.25, 0.3) is 0 Å². The van der Waals surface area contributed by atoms with Crippen molar-refractivity contribution in [3.63, 3.8) is 0 Å². The van der Waals surface area contributed by atoms with Gasteiger partial charge in [-0.3, -0.25) is 4.79 Å². The lowest BCUT2D eigenvalue weighted by Gasteiger charge is -2.49. The molecule has 4 saturated heterocycles. The molecule has 11 N–H and O–H groups in total. The zero-order valence-electron chi connectivity index (χ0n) is 25.0. The van der Waals surface area contributed by atoms with E-state index in [9.17, 15) is 55.9 Å². The summed E-state index contributed by atoms with van der Waals surface area (Å²) in [6.45, 7) is 4.60. The van der Waals surface area contributed by atoms with Gasteiger partial charge in [-0.2, -0.15) is 0 Å². The fourth-order valence-corrected chi connectivity index (χ4v) is 5.76. The Hall–Kier alpha value is -1.21. The summed E-state index contributed by atoms with van der Waals surface area (Å²) in [6.07, 6.45) is -29.2. The van der Waals surface area contributed by atoms with Gasteiger partial charge in [-0.1, -0.05) is 0 Å². The van der Waals surface area contributed by atoms with Crippen LogP contribution in [0.25, 0.3) is 0 Å². The van der Waals surface area contributed by atoms with E-state index in [1.54, 1.807) is 0 Å². The van der Waals surface area contributed by atoms with Gasteiger partial charge in [-0.15, -0.1) is 0 Å². The molecule has 0 aromatic carbocycles. The highest BCUT2D eigenvalue weighted by atomic mass is 16.8. The molecule has 4 aliphatic heterocycles. The Morgan fingerprint density at radius 2 is 1.07 bits per heavy atom. The van der Waals surface area contributed by atoms with Gasteiger partial charge in [0.15, 0.2) is 25.2 Å². The monoisotopic (exact) mass is 659 g/mol. The van der Waals surface area contributed by atoms with Crippen molar-refractivity contribution in [1.29, 1.82) is 0 Å². The molecular weight excluding hydrogens is 614 g/mol. The Morgan fingerprint density at radius 3 is 1.64 bits per heavy atom. The zero-order valence-corrected chi connectivity index (χ0v) is 25.0. The normalized spacial score (nSPS) is 52.8. The van der Waals surface area contributed by atoms with Crippen LogP contribution in [0.15, 0.2) is 0 Å². The molecule has 0 radical (unpaired) electrons. The Balaban J connectivity index is 1.54. The highest BCUT2D eigenvalue weighted by molar-refractivity contribution is 5.73. The van der Waals surface area contributed by atoms with Crippen LogP contribution in [-0.2, 0) is 38.0 Å². The van der Waals surface area contributed by atoms with Crippen LogP contribution in [-0.4, -0.2) is 186 Å². The number of rotatable bonds is 8. The number of aliphatic hydroxyl groups excluding tert-OH is 10. The standard InChI is InChI=1S/C26H45NO18/c1-6-12(30)16(34)18(36)24(39-6)45-22-17(35)13(31)7(2)41-26(22)44-21-14(32)8(3)40-25(19(21)37)43-20-10(5-28)42-23(38)11(15(20)33)27-9(4)29/h6-8,10-26,28,30-38H,5H2,1-4H3,(H,27,29)/t6-,7-,8-,10+,11+,12-,13-,14-,15+,16+,17+,18+,19+,20+,21+,22+,23+,24-,25+,26-/m0/s1. The molecule has 4 heterocycles. The van der Waals surface area contributed by atoms with Gasteiger partial charge in [-0.25, -0.2) is 0 Å². The molecule has 0 unspecified atom stereocenters. The molecule has 0 bridgehead atoms. The second-order valence-electron chi connectivity index (χ2n) is 11.8. The van der Waals surface area contributed by atoms with Crippen molar-refractivity contribution >= 4 is 5.91 Å². The number of hydrogen-bond donors (Lipinski definition) is 11. The molecule has 4 rings (SSSR count).